The second kappa shape index (κ2) is 7.94. The van der Waals surface area contributed by atoms with Gasteiger partial charge in [0.1, 0.15) is 0 Å². The maximum absolute atomic E-state index is 13.1. The number of fused-ring (bicyclic) bond motifs is 1. The van der Waals surface area contributed by atoms with E-state index in [9.17, 15) is 9.59 Å². The first kappa shape index (κ1) is 20.5. The number of rotatable bonds is 3. The molecular weight excluding hydrogens is 428 g/mol. The highest BCUT2D eigenvalue weighted by molar-refractivity contribution is 6.31. The van der Waals surface area contributed by atoms with Crippen LogP contribution in [0.4, 0.5) is 11.4 Å². The number of carbonyl (C=O) groups is 2. The fourth-order valence-corrected chi connectivity index (χ4v) is 4.64. The quantitative estimate of drug-likeness (QED) is 0.612. The molecular formula is C23H23ClN6O2. The Kier molecular flexibility index (Phi) is 5.09. The highest BCUT2D eigenvalue weighted by atomic mass is 35.5. The summed E-state index contributed by atoms with van der Waals surface area (Å²) in [5, 5.41) is 4.71. The number of aryl methyl sites for hydroxylation is 1. The van der Waals surface area contributed by atoms with E-state index in [1.54, 1.807) is 53.5 Å². The van der Waals surface area contributed by atoms with Crippen LogP contribution in [0, 0.1) is 0 Å². The zero-order chi connectivity index (χ0) is 22.4. The van der Waals surface area contributed by atoms with Crippen LogP contribution in [-0.4, -0.2) is 57.7 Å². The van der Waals surface area contributed by atoms with Gasteiger partial charge in [0.2, 0.25) is 0 Å². The van der Waals surface area contributed by atoms with E-state index in [4.69, 9.17) is 11.6 Å². The molecule has 2 amide bonds. The number of carbonyl (C=O) groups excluding carboxylic acids is 2. The average molecular weight is 451 g/mol. The van der Waals surface area contributed by atoms with E-state index >= 15 is 0 Å². The Labute approximate surface area is 191 Å². The van der Waals surface area contributed by atoms with E-state index in [-0.39, 0.29) is 17.9 Å². The van der Waals surface area contributed by atoms with E-state index < -0.39 is 0 Å². The van der Waals surface area contributed by atoms with Crippen LogP contribution in [-0.2, 0) is 7.05 Å². The first-order chi connectivity index (χ1) is 15.4. The lowest BCUT2D eigenvalue weighted by Gasteiger charge is -2.36. The number of nitrogens with zero attached hydrogens (tertiary/aromatic N) is 6. The molecule has 0 saturated carbocycles. The summed E-state index contributed by atoms with van der Waals surface area (Å²) in [6.07, 6.45) is 6.86. The maximum Gasteiger partial charge on any atom is 0.259 e. The van der Waals surface area contributed by atoms with Crippen LogP contribution in [0.25, 0.3) is 0 Å². The fraction of sp³-hybridized carbons (Fsp3) is 0.304. The Morgan fingerprint density at radius 1 is 1.06 bits per heavy atom. The molecule has 2 aliphatic heterocycles. The van der Waals surface area contributed by atoms with Gasteiger partial charge in [0.05, 0.1) is 41.6 Å². The summed E-state index contributed by atoms with van der Waals surface area (Å²) >= 11 is 6.15. The molecule has 3 aromatic rings. The Balaban J connectivity index is 1.31. The van der Waals surface area contributed by atoms with Crippen molar-refractivity contribution >= 4 is 34.8 Å². The van der Waals surface area contributed by atoms with Crippen molar-refractivity contribution in [2.45, 2.75) is 13.0 Å². The van der Waals surface area contributed by atoms with Crippen LogP contribution < -0.4 is 9.80 Å². The minimum Gasteiger partial charge on any atom is -0.367 e. The number of anilines is 2. The molecule has 2 aliphatic rings. The third-order valence-electron chi connectivity index (χ3n) is 6.17. The van der Waals surface area contributed by atoms with Crippen LogP contribution in [0.2, 0.25) is 5.02 Å². The minimum atomic E-state index is -0.123. The van der Waals surface area contributed by atoms with Crippen molar-refractivity contribution in [3.05, 3.63) is 70.8 Å². The van der Waals surface area contributed by atoms with Crippen molar-refractivity contribution in [3.8, 4) is 0 Å². The summed E-state index contributed by atoms with van der Waals surface area (Å²) in [5.74, 6) is -0.0486. The van der Waals surface area contributed by atoms with Crippen LogP contribution in [0.5, 0.6) is 0 Å². The fourth-order valence-electron chi connectivity index (χ4n) is 4.46. The van der Waals surface area contributed by atoms with Crippen LogP contribution in [0.15, 0.2) is 49.1 Å². The largest absolute Gasteiger partial charge is 0.367 e. The lowest BCUT2D eigenvalue weighted by Crippen LogP contribution is -2.48. The molecule has 0 bridgehead atoms. The third-order valence-corrected chi connectivity index (χ3v) is 6.41. The molecule has 8 nitrogen and oxygen atoms in total. The number of benzene rings is 1. The van der Waals surface area contributed by atoms with E-state index in [0.717, 1.165) is 16.9 Å². The van der Waals surface area contributed by atoms with Gasteiger partial charge in [0.25, 0.3) is 11.8 Å². The topological polar surface area (TPSA) is 74.6 Å². The summed E-state index contributed by atoms with van der Waals surface area (Å²) in [5.41, 5.74) is 3.89. The normalized spacial score (nSPS) is 18.3. The average Bonchev–Trinajstić information content (AvgIpc) is 3.34. The molecule has 1 atom stereocenters. The van der Waals surface area contributed by atoms with Crippen LogP contribution in [0.1, 0.15) is 39.2 Å². The van der Waals surface area contributed by atoms with Crippen LogP contribution >= 0.6 is 11.6 Å². The van der Waals surface area contributed by atoms with E-state index in [2.05, 4.69) is 15.0 Å². The molecule has 4 heterocycles. The first-order valence-corrected chi connectivity index (χ1v) is 10.9. The van der Waals surface area contributed by atoms with Crippen molar-refractivity contribution in [2.75, 3.05) is 36.0 Å². The zero-order valence-electron chi connectivity index (χ0n) is 17.9. The number of hydrogen-bond acceptors (Lipinski definition) is 5. The number of amides is 2. The summed E-state index contributed by atoms with van der Waals surface area (Å²) in [6.45, 7) is 4.60. The second-order valence-electron chi connectivity index (χ2n) is 8.17. The Morgan fingerprint density at radius 2 is 1.81 bits per heavy atom. The predicted molar refractivity (Wildman–Crippen MR) is 122 cm³/mol. The lowest BCUT2D eigenvalue weighted by atomic mass is 10.1. The minimum absolute atomic E-state index is 0.00228. The van der Waals surface area contributed by atoms with E-state index in [1.807, 2.05) is 24.0 Å². The second-order valence-corrected chi connectivity index (χ2v) is 8.60. The van der Waals surface area contributed by atoms with Crippen molar-refractivity contribution in [1.82, 2.24) is 19.7 Å². The van der Waals surface area contributed by atoms with Gasteiger partial charge in [-0.15, -0.1) is 0 Å². The monoisotopic (exact) mass is 450 g/mol. The molecule has 2 aromatic heterocycles. The number of hydrogen-bond donors (Lipinski definition) is 0. The smallest absolute Gasteiger partial charge is 0.259 e. The molecule has 1 aromatic carbocycles. The Bertz CT molecular complexity index is 1200. The van der Waals surface area contributed by atoms with E-state index in [1.165, 1.54) is 0 Å². The van der Waals surface area contributed by atoms with Gasteiger partial charge in [-0.1, -0.05) is 11.6 Å². The molecule has 0 N–H and O–H groups in total. The van der Waals surface area contributed by atoms with Gasteiger partial charge < -0.3 is 9.80 Å². The summed E-state index contributed by atoms with van der Waals surface area (Å²) in [6, 6.07) is 7.26. The van der Waals surface area contributed by atoms with Gasteiger partial charge in [0, 0.05) is 50.0 Å². The van der Waals surface area contributed by atoms with Gasteiger partial charge in [-0.3, -0.25) is 24.2 Å². The van der Waals surface area contributed by atoms with Gasteiger partial charge in [-0.05, 0) is 36.8 Å². The van der Waals surface area contributed by atoms with E-state index in [0.29, 0.717) is 42.3 Å². The Hall–Kier alpha value is -3.39. The SMILES string of the molecule is C[C@H]1c2cc(Cl)ccc2C(=O)N1c1cncc(N2CCN(C(=O)c3cnn(C)c3)CC2)c1. The van der Waals surface area contributed by atoms with Crippen molar-refractivity contribution in [3.63, 3.8) is 0 Å². The molecule has 0 aliphatic carbocycles. The molecule has 164 valence electrons. The number of pyridine rings is 1. The molecule has 0 unspecified atom stereocenters. The van der Waals surface area contributed by atoms with Gasteiger partial charge in [0.15, 0.2) is 0 Å². The third kappa shape index (κ3) is 3.50. The molecule has 1 saturated heterocycles. The number of halogens is 1. The number of aromatic nitrogens is 3. The lowest BCUT2D eigenvalue weighted by molar-refractivity contribution is 0.0746. The Morgan fingerprint density at radius 3 is 2.53 bits per heavy atom. The molecule has 1 fully saturated rings. The molecule has 32 heavy (non-hydrogen) atoms. The summed E-state index contributed by atoms with van der Waals surface area (Å²) < 4.78 is 1.63. The molecule has 0 radical (unpaired) electrons. The summed E-state index contributed by atoms with van der Waals surface area (Å²) in [7, 11) is 1.80. The molecule has 9 heteroatoms. The highest BCUT2D eigenvalue weighted by Crippen LogP contribution is 2.39. The van der Waals surface area contributed by atoms with Gasteiger partial charge in [-0.2, -0.15) is 5.10 Å². The van der Waals surface area contributed by atoms with Crippen molar-refractivity contribution < 1.29 is 9.59 Å². The van der Waals surface area contributed by atoms with Gasteiger partial charge in [-0.25, -0.2) is 0 Å². The molecule has 5 rings (SSSR count). The van der Waals surface area contributed by atoms with Crippen molar-refractivity contribution in [1.29, 1.82) is 0 Å². The first-order valence-electron chi connectivity index (χ1n) is 10.5. The predicted octanol–water partition coefficient (Wildman–Crippen LogP) is 3.15. The highest BCUT2D eigenvalue weighted by Gasteiger charge is 2.35. The maximum atomic E-state index is 13.1. The van der Waals surface area contributed by atoms with Crippen molar-refractivity contribution in [2.24, 2.45) is 7.05 Å². The van der Waals surface area contributed by atoms with Gasteiger partial charge >= 0.3 is 0 Å². The summed E-state index contributed by atoms with van der Waals surface area (Å²) in [4.78, 5) is 35.9. The zero-order valence-corrected chi connectivity index (χ0v) is 18.7. The standard InChI is InChI=1S/C23H23ClN6O2/c1-15-21-9-17(24)3-4-20(21)23(32)30(15)19-10-18(12-25-13-19)28-5-7-29(8-6-28)22(31)16-11-26-27(2)14-16/h3-4,9-15H,5-8H2,1-2H3/t15-/m0/s1. The molecule has 0 spiro atoms. The van der Waals surface area contributed by atoms with Crippen LogP contribution in [0.3, 0.4) is 0 Å². The number of piperazine rings is 1.